The van der Waals surface area contributed by atoms with Gasteiger partial charge in [0, 0.05) is 38.1 Å². The molecular weight excluding hydrogens is 492 g/mol. The zero-order valence-electron chi connectivity index (χ0n) is 22.2. The molecule has 2 bridgehead atoms. The summed E-state index contributed by atoms with van der Waals surface area (Å²) >= 11 is 6.44. The van der Waals surface area contributed by atoms with Gasteiger partial charge >= 0.3 is 11.9 Å². The Kier molecular flexibility index (Phi) is 7.61. The smallest absolute Gasteiger partial charge is 0.333 e. The predicted molar refractivity (Wildman–Crippen MR) is 145 cm³/mol. The van der Waals surface area contributed by atoms with Crippen molar-refractivity contribution < 1.29 is 28.5 Å². The van der Waals surface area contributed by atoms with E-state index in [0.29, 0.717) is 22.1 Å². The molecule has 1 fully saturated rings. The van der Waals surface area contributed by atoms with Crippen molar-refractivity contribution in [3.05, 3.63) is 58.7 Å². The molecule has 2 aromatic carbocycles. The average Bonchev–Trinajstić information content (AvgIpc) is 3.35. The Morgan fingerprint density at radius 1 is 1.00 bits per heavy atom. The summed E-state index contributed by atoms with van der Waals surface area (Å²) < 4.78 is 23.8. The standard InChI is InChI=1S/C30H35ClO6/c1-16(2)28(32)36-18(5)14-34-26-23-12-21(31)8-9-22(23)27(35-15-19(6)37-29(33)17(3)4)25-24(26)20-10-11-30(25,7)13-20/h8-9,12,18-20H,1,3,10-11,13-15H2,2,4-7H3. The summed E-state index contributed by atoms with van der Waals surface area (Å²) in [4.78, 5) is 24.0. The van der Waals surface area contributed by atoms with Gasteiger partial charge in [-0.2, -0.15) is 0 Å². The van der Waals surface area contributed by atoms with Crippen molar-refractivity contribution in [3.8, 4) is 11.5 Å². The van der Waals surface area contributed by atoms with Crippen LogP contribution in [0.25, 0.3) is 10.8 Å². The molecule has 1 saturated carbocycles. The summed E-state index contributed by atoms with van der Waals surface area (Å²) in [6.45, 7) is 16.8. The summed E-state index contributed by atoms with van der Waals surface area (Å²) in [7, 11) is 0. The molecule has 4 atom stereocenters. The molecule has 0 heterocycles. The largest absolute Gasteiger partial charge is 0.489 e. The highest BCUT2D eigenvalue weighted by molar-refractivity contribution is 6.31. The first-order valence-corrected chi connectivity index (χ1v) is 13.1. The van der Waals surface area contributed by atoms with Crippen LogP contribution in [0.5, 0.6) is 11.5 Å². The number of fused-ring (bicyclic) bond motifs is 6. The van der Waals surface area contributed by atoms with Crippen molar-refractivity contribution in [1.82, 2.24) is 0 Å². The minimum absolute atomic E-state index is 0.0447. The minimum atomic E-state index is -0.456. The van der Waals surface area contributed by atoms with Crippen molar-refractivity contribution in [2.75, 3.05) is 13.2 Å². The van der Waals surface area contributed by atoms with Gasteiger partial charge in [-0.1, -0.05) is 31.7 Å². The Balaban J connectivity index is 1.73. The highest BCUT2D eigenvalue weighted by Gasteiger charge is 2.50. The van der Waals surface area contributed by atoms with E-state index in [1.54, 1.807) is 27.7 Å². The van der Waals surface area contributed by atoms with E-state index in [1.807, 2.05) is 18.2 Å². The maximum atomic E-state index is 12.0. The molecule has 0 aromatic heterocycles. The van der Waals surface area contributed by atoms with E-state index in [1.165, 1.54) is 0 Å². The van der Waals surface area contributed by atoms with Crippen molar-refractivity contribution >= 4 is 34.3 Å². The normalized spacial score (nSPS) is 21.2. The Morgan fingerprint density at radius 2 is 1.57 bits per heavy atom. The summed E-state index contributed by atoms with van der Waals surface area (Å²) in [5, 5.41) is 2.32. The van der Waals surface area contributed by atoms with Crippen LogP contribution in [0.1, 0.15) is 70.9 Å². The second kappa shape index (κ2) is 10.4. The van der Waals surface area contributed by atoms with E-state index in [-0.39, 0.29) is 18.6 Å². The van der Waals surface area contributed by atoms with Gasteiger partial charge in [-0.05, 0) is 76.5 Å². The zero-order valence-corrected chi connectivity index (χ0v) is 23.0. The molecule has 37 heavy (non-hydrogen) atoms. The number of benzene rings is 2. The lowest BCUT2D eigenvalue weighted by Gasteiger charge is -2.30. The third kappa shape index (κ3) is 5.35. The second-order valence-corrected chi connectivity index (χ2v) is 11.2. The minimum Gasteiger partial charge on any atom is -0.489 e. The van der Waals surface area contributed by atoms with E-state index in [0.717, 1.165) is 52.7 Å². The summed E-state index contributed by atoms with van der Waals surface area (Å²) in [6, 6.07) is 5.68. The van der Waals surface area contributed by atoms with Crippen LogP contribution >= 0.6 is 11.6 Å². The van der Waals surface area contributed by atoms with Gasteiger partial charge in [0.05, 0.1) is 0 Å². The molecule has 198 valence electrons. The first-order valence-electron chi connectivity index (χ1n) is 12.7. The average molecular weight is 527 g/mol. The van der Waals surface area contributed by atoms with Crippen LogP contribution < -0.4 is 9.47 Å². The van der Waals surface area contributed by atoms with Crippen LogP contribution in [0, 0.1) is 0 Å². The molecule has 4 rings (SSSR count). The number of hydrogen-bond acceptors (Lipinski definition) is 6. The van der Waals surface area contributed by atoms with Gasteiger partial charge in [0.1, 0.15) is 36.9 Å². The van der Waals surface area contributed by atoms with Gasteiger partial charge in [0.15, 0.2) is 0 Å². The second-order valence-electron chi connectivity index (χ2n) is 10.8. The van der Waals surface area contributed by atoms with Crippen LogP contribution in [0.2, 0.25) is 5.02 Å². The Morgan fingerprint density at radius 3 is 2.14 bits per heavy atom. The monoisotopic (exact) mass is 526 g/mol. The maximum Gasteiger partial charge on any atom is 0.333 e. The van der Waals surface area contributed by atoms with Gasteiger partial charge in [0.2, 0.25) is 0 Å². The summed E-state index contributed by atoms with van der Waals surface area (Å²) in [5.41, 5.74) is 2.95. The molecule has 0 radical (unpaired) electrons. The fourth-order valence-corrected chi connectivity index (χ4v) is 5.63. The van der Waals surface area contributed by atoms with Gasteiger partial charge in [0.25, 0.3) is 0 Å². The van der Waals surface area contributed by atoms with Crippen LogP contribution in [-0.4, -0.2) is 37.4 Å². The quantitative estimate of drug-likeness (QED) is 0.250. The Labute approximate surface area is 223 Å². The van der Waals surface area contributed by atoms with Gasteiger partial charge in [-0.15, -0.1) is 0 Å². The van der Waals surface area contributed by atoms with E-state index < -0.39 is 24.1 Å². The number of carbonyl (C=O) groups excluding carboxylic acids is 2. The van der Waals surface area contributed by atoms with Crippen molar-refractivity contribution in [1.29, 1.82) is 0 Å². The number of esters is 2. The number of carbonyl (C=O) groups is 2. The fraction of sp³-hybridized carbons (Fsp3) is 0.467. The van der Waals surface area contributed by atoms with Gasteiger partial charge < -0.3 is 18.9 Å². The lowest BCUT2D eigenvalue weighted by molar-refractivity contribution is -0.145. The molecule has 0 aliphatic heterocycles. The number of rotatable bonds is 10. The zero-order chi connectivity index (χ0) is 27.1. The number of hydrogen-bond donors (Lipinski definition) is 0. The molecule has 2 aliphatic carbocycles. The van der Waals surface area contributed by atoms with Gasteiger partial charge in [-0.3, -0.25) is 0 Å². The third-order valence-electron chi connectivity index (χ3n) is 7.20. The third-order valence-corrected chi connectivity index (χ3v) is 7.44. The molecule has 7 heteroatoms. The summed E-state index contributed by atoms with van der Waals surface area (Å²) in [5.74, 6) is 1.03. The van der Waals surface area contributed by atoms with Crippen LogP contribution in [0.3, 0.4) is 0 Å². The number of ether oxygens (including phenoxy) is 4. The van der Waals surface area contributed by atoms with E-state index in [4.69, 9.17) is 30.5 Å². The van der Waals surface area contributed by atoms with Crippen LogP contribution in [0.4, 0.5) is 0 Å². The molecule has 0 spiro atoms. The highest BCUT2D eigenvalue weighted by atomic mass is 35.5. The molecule has 0 amide bonds. The van der Waals surface area contributed by atoms with Crippen molar-refractivity contribution in [3.63, 3.8) is 0 Å². The van der Waals surface area contributed by atoms with E-state index in [9.17, 15) is 9.59 Å². The van der Waals surface area contributed by atoms with E-state index in [2.05, 4.69) is 20.1 Å². The van der Waals surface area contributed by atoms with Crippen LogP contribution in [-0.2, 0) is 24.5 Å². The lowest BCUT2D eigenvalue weighted by Crippen LogP contribution is -2.25. The molecule has 0 N–H and O–H groups in total. The first kappa shape index (κ1) is 27.1. The Bertz CT molecular complexity index is 1280. The molecular formula is C30H35ClO6. The van der Waals surface area contributed by atoms with E-state index >= 15 is 0 Å². The molecule has 0 saturated heterocycles. The predicted octanol–water partition coefficient (Wildman–Crippen LogP) is 6.81. The maximum absolute atomic E-state index is 12.0. The molecule has 6 nitrogen and oxygen atoms in total. The Hall–Kier alpha value is -2.99. The van der Waals surface area contributed by atoms with Gasteiger partial charge in [-0.25, -0.2) is 9.59 Å². The van der Waals surface area contributed by atoms with Crippen molar-refractivity contribution in [2.45, 2.75) is 77.4 Å². The highest BCUT2D eigenvalue weighted by Crippen LogP contribution is 2.64. The molecule has 4 unspecified atom stereocenters. The molecule has 2 aliphatic rings. The number of halogens is 1. The first-order chi connectivity index (χ1) is 17.4. The SMILES string of the molecule is C=C(C)C(=O)OC(C)COc1c2c(c(OCC(C)OC(=O)C(=C)C)c3ccc(Cl)cc13)C1(C)CCC2C1. The summed E-state index contributed by atoms with van der Waals surface area (Å²) in [6.07, 6.45) is 2.24. The lowest BCUT2D eigenvalue weighted by atomic mass is 9.78. The van der Waals surface area contributed by atoms with Crippen LogP contribution in [0.15, 0.2) is 42.5 Å². The molecule has 2 aromatic rings. The van der Waals surface area contributed by atoms with Crippen molar-refractivity contribution in [2.24, 2.45) is 0 Å². The fourth-order valence-electron chi connectivity index (χ4n) is 5.46. The topological polar surface area (TPSA) is 71.1 Å².